The Hall–Kier alpha value is -1.11. The van der Waals surface area contributed by atoms with Crippen LogP contribution in [0.2, 0.25) is 0 Å². The quantitative estimate of drug-likeness (QED) is 0.371. The molecule has 1 rings (SSSR count). The summed E-state index contributed by atoms with van der Waals surface area (Å²) in [6, 6.07) is 0.0847. The molecule has 0 aliphatic rings. The number of nitrogens with one attached hydrogen (secondary N) is 1. The molecule has 1 unspecified atom stereocenters. The lowest BCUT2D eigenvalue weighted by atomic mass is 10.0. The Morgan fingerprint density at radius 3 is 2.71 bits per heavy atom. The molecular formula is C15H31N5O. The van der Waals surface area contributed by atoms with E-state index in [0.29, 0.717) is 0 Å². The van der Waals surface area contributed by atoms with Crippen molar-refractivity contribution < 1.29 is 4.74 Å². The number of methoxy groups -OCH3 is 1. The first-order valence-corrected chi connectivity index (χ1v) is 7.84. The Bertz CT molecular complexity index is 391. The van der Waals surface area contributed by atoms with Crippen LogP contribution in [0.15, 0.2) is 6.20 Å². The number of nitrogens with zero attached hydrogens (tertiary/aromatic N) is 3. The first kappa shape index (κ1) is 17.9. The van der Waals surface area contributed by atoms with Crippen LogP contribution in [-0.4, -0.2) is 42.4 Å². The van der Waals surface area contributed by atoms with Gasteiger partial charge in [-0.3, -0.25) is 16.0 Å². The summed E-state index contributed by atoms with van der Waals surface area (Å²) in [5, 5.41) is 4.44. The molecule has 0 aliphatic heterocycles. The second-order valence-corrected chi connectivity index (χ2v) is 5.69. The largest absolute Gasteiger partial charge is 0.493 e. The van der Waals surface area contributed by atoms with Crippen molar-refractivity contribution in [3.63, 3.8) is 0 Å². The molecule has 0 aromatic carbocycles. The van der Waals surface area contributed by atoms with Crippen molar-refractivity contribution in [3.8, 4) is 5.75 Å². The predicted molar refractivity (Wildman–Crippen MR) is 86.2 cm³/mol. The second kappa shape index (κ2) is 9.76. The summed E-state index contributed by atoms with van der Waals surface area (Å²) in [5.41, 5.74) is 3.98. The van der Waals surface area contributed by atoms with Gasteiger partial charge in [-0.05, 0) is 20.5 Å². The van der Waals surface area contributed by atoms with Crippen molar-refractivity contribution in [2.75, 3.05) is 27.7 Å². The lowest BCUT2D eigenvalue weighted by Crippen LogP contribution is -2.31. The Balaban J connectivity index is 2.76. The van der Waals surface area contributed by atoms with E-state index in [1.807, 2.05) is 4.68 Å². The molecule has 1 aromatic heterocycles. The predicted octanol–water partition coefficient (Wildman–Crippen LogP) is 1.93. The maximum Gasteiger partial charge on any atom is 0.161 e. The minimum atomic E-state index is 0.0847. The molecule has 1 aromatic rings. The van der Waals surface area contributed by atoms with Gasteiger partial charge in [-0.25, -0.2) is 0 Å². The number of aromatic nitrogens is 2. The molecule has 0 saturated carbocycles. The Morgan fingerprint density at radius 2 is 2.14 bits per heavy atom. The summed E-state index contributed by atoms with van der Waals surface area (Å²) >= 11 is 0. The zero-order chi connectivity index (χ0) is 15.7. The number of hydrogen-bond acceptors (Lipinski definition) is 5. The number of likely N-dealkylation sites (N-methyl/N-ethyl adjacent to an activating group) is 1. The number of nitrogens with two attached hydrogens (primary N) is 1. The maximum absolute atomic E-state index is 5.77. The molecule has 122 valence electrons. The summed E-state index contributed by atoms with van der Waals surface area (Å²) in [6.45, 7) is 3.99. The molecule has 1 heterocycles. The summed E-state index contributed by atoms with van der Waals surface area (Å²) in [4.78, 5) is 2.14. The van der Waals surface area contributed by atoms with Gasteiger partial charge in [0.1, 0.15) is 0 Å². The van der Waals surface area contributed by atoms with Gasteiger partial charge in [0, 0.05) is 6.54 Å². The molecular weight excluding hydrogens is 266 g/mol. The highest BCUT2D eigenvalue weighted by molar-refractivity contribution is 5.28. The summed E-state index contributed by atoms with van der Waals surface area (Å²) in [5.74, 6) is 6.58. The van der Waals surface area contributed by atoms with Crippen LogP contribution in [0, 0.1) is 0 Å². The standard InChI is InChI=1S/C15H31N5O/c1-5-6-7-8-9-13(18-16)15-14(21-4)12-17-20(15)11-10-19(2)3/h12-13,18H,5-11,16H2,1-4H3. The van der Waals surface area contributed by atoms with Gasteiger partial charge in [0.2, 0.25) is 0 Å². The van der Waals surface area contributed by atoms with Crippen LogP contribution < -0.4 is 16.0 Å². The van der Waals surface area contributed by atoms with Crippen LogP contribution in [0.1, 0.15) is 50.8 Å². The summed E-state index contributed by atoms with van der Waals surface area (Å²) < 4.78 is 7.45. The van der Waals surface area contributed by atoms with E-state index in [-0.39, 0.29) is 6.04 Å². The van der Waals surface area contributed by atoms with Gasteiger partial charge in [0.15, 0.2) is 5.75 Å². The molecule has 0 radical (unpaired) electrons. The first-order chi connectivity index (χ1) is 10.1. The molecule has 0 fully saturated rings. The van der Waals surface area contributed by atoms with Crippen molar-refractivity contribution in [2.45, 2.75) is 51.6 Å². The lowest BCUT2D eigenvalue weighted by molar-refractivity contribution is 0.349. The highest BCUT2D eigenvalue weighted by Gasteiger charge is 2.20. The minimum Gasteiger partial charge on any atom is -0.493 e. The van der Waals surface area contributed by atoms with Crippen LogP contribution in [-0.2, 0) is 6.54 Å². The molecule has 0 amide bonds. The van der Waals surface area contributed by atoms with Gasteiger partial charge < -0.3 is 9.64 Å². The van der Waals surface area contributed by atoms with Crippen molar-refractivity contribution in [1.82, 2.24) is 20.1 Å². The zero-order valence-corrected chi connectivity index (χ0v) is 13.9. The number of ether oxygens (including phenoxy) is 1. The van der Waals surface area contributed by atoms with Crippen molar-refractivity contribution in [1.29, 1.82) is 0 Å². The van der Waals surface area contributed by atoms with Gasteiger partial charge >= 0.3 is 0 Å². The molecule has 21 heavy (non-hydrogen) atoms. The highest BCUT2D eigenvalue weighted by atomic mass is 16.5. The van der Waals surface area contributed by atoms with Crippen molar-refractivity contribution in [2.24, 2.45) is 5.84 Å². The third-order valence-corrected chi connectivity index (χ3v) is 3.70. The Kier molecular flexibility index (Phi) is 8.34. The molecule has 3 N–H and O–H groups in total. The Labute approximate surface area is 128 Å². The fraction of sp³-hybridized carbons (Fsp3) is 0.800. The molecule has 0 bridgehead atoms. The van der Waals surface area contributed by atoms with E-state index >= 15 is 0 Å². The van der Waals surface area contributed by atoms with Gasteiger partial charge in [0.05, 0.1) is 31.6 Å². The third-order valence-electron chi connectivity index (χ3n) is 3.70. The second-order valence-electron chi connectivity index (χ2n) is 5.69. The van der Waals surface area contributed by atoms with Gasteiger partial charge in [-0.1, -0.05) is 32.6 Å². The van der Waals surface area contributed by atoms with E-state index in [0.717, 1.165) is 37.4 Å². The topological polar surface area (TPSA) is 68.3 Å². The fourth-order valence-electron chi connectivity index (χ4n) is 2.43. The zero-order valence-electron chi connectivity index (χ0n) is 13.9. The average molecular weight is 297 g/mol. The average Bonchev–Trinajstić information content (AvgIpc) is 2.88. The number of rotatable bonds is 11. The molecule has 0 aliphatic carbocycles. The normalized spacial score (nSPS) is 12.9. The van der Waals surface area contributed by atoms with Crippen LogP contribution in [0.5, 0.6) is 5.75 Å². The molecule has 0 spiro atoms. The maximum atomic E-state index is 5.77. The number of hydrazine groups is 1. The lowest BCUT2D eigenvalue weighted by Gasteiger charge is -2.20. The molecule has 1 atom stereocenters. The van der Waals surface area contributed by atoms with E-state index in [1.54, 1.807) is 13.3 Å². The van der Waals surface area contributed by atoms with E-state index < -0.39 is 0 Å². The van der Waals surface area contributed by atoms with Crippen LogP contribution >= 0.6 is 0 Å². The van der Waals surface area contributed by atoms with Gasteiger partial charge in [0.25, 0.3) is 0 Å². The SMILES string of the molecule is CCCCCCC(NN)c1c(OC)cnn1CCN(C)C. The van der Waals surface area contributed by atoms with E-state index in [4.69, 9.17) is 10.6 Å². The highest BCUT2D eigenvalue weighted by Crippen LogP contribution is 2.28. The monoisotopic (exact) mass is 297 g/mol. The summed E-state index contributed by atoms with van der Waals surface area (Å²) in [7, 11) is 5.80. The molecule has 6 nitrogen and oxygen atoms in total. The van der Waals surface area contributed by atoms with E-state index in [9.17, 15) is 0 Å². The fourth-order valence-corrected chi connectivity index (χ4v) is 2.43. The number of unbranched alkanes of at least 4 members (excludes halogenated alkanes) is 3. The Morgan fingerprint density at radius 1 is 1.38 bits per heavy atom. The van der Waals surface area contributed by atoms with E-state index in [2.05, 4.69) is 36.4 Å². The molecule has 6 heteroatoms. The third kappa shape index (κ3) is 5.65. The van der Waals surface area contributed by atoms with Gasteiger partial charge in [-0.15, -0.1) is 0 Å². The van der Waals surface area contributed by atoms with Gasteiger partial charge in [-0.2, -0.15) is 5.10 Å². The summed E-state index contributed by atoms with van der Waals surface area (Å²) in [6.07, 6.45) is 7.69. The van der Waals surface area contributed by atoms with Crippen LogP contribution in [0.4, 0.5) is 0 Å². The first-order valence-electron chi connectivity index (χ1n) is 7.84. The van der Waals surface area contributed by atoms with Crippen molar-refractivity contribution >= 4 is 0 Å². The smallest absolute Gasteiger partial charge is 0.161 e. The van der Waals surface area contributed by atoms with E-state index in [1.165, 1.54) is 19.3 Å². The van der Waals surface area contributed by atoms with Crippen LogP contribution in [0.25, 0.3) is 0 Å². The molecule has 0 saturated heterocycles. The minimum absolute atomic E-state index is 0.0847. The number of hydrogen-bond donors (Lipinski definition) is 2. The van der Waals surface area contributed by atoms with Crippen LogP contribution in [0.3, 0.4) is 0 Å². The van der Waals surface area contributed by atoms with Crippen molar-refractivity contribution in [3.05, 3.63) is 11.9 Å².